The second kappa shape index (κ2) is 5.71. The smallest absolute Gasteiger partial charge is 0.0196 e. The van der Waals surface area contributed by atoms with E-state index in [1.165, 1.54) is 58.0 Å². The van der Waals surface area contributed by atoms with Gasteiger partial charge >= 0.3 is 0 Å². The standard InChI is InChI=1S/C15H30N2/c1-15(2)8-5-10-17(11-9-15)12-14(16)13-6-3-4-7-13/h13-14H,3-12,16H2,1-2H3. The molecule has 0 amide bonds. The molecule has 1 heterocycles. The van der Waals surface area contributed by atoms with E-state index in [2.05, 4.69) is 18.7 Å². The molecule has 100 valence electrons. The van der Waals surface area contributed by atoms with Gasteiger partial charge in [-0.25, -0.2) is 0 Å². The van der Waals surface area contributed by atoms with Gasteiger partial charge in [0.15, 0.2) is 0 Å². The van der Waals surface area contributed by atoms with Crippen LogP contribution >= 0.6 is 0 Å². The van der Waals surface area contributed by atoms with Crippen LogP contribution in [0.4, 0.5) is 0 Å². The second-order valence-electron chi connectivity index (χ2n) is 7.03. The van der Waals surface area contributed by atoms with E-state index in [1.807, 2.05) is 0 Å². The first-order valence-electron chi connectivity index (χ1n) is 7.55. The third-order valence-electron chi connectivity index (χ3n) is 4.91. The molecular weight excluding hydrogens is 208 g/mol. The Bertz CT molecular complexity index is 231. The molecule has 1 unspecified atom stereocenters. The average molecular weight is 238 g/mol. The van der Waals surface area contributed by atoms with Gasteiger partial charge in [0.05, 0.1) is 0 Å². The topological polar surface area (TPSA) is 29.3 Å². The van der Waals surface area contributed by atoms with Crippen molar-refractivity contribution >= 4 is 0 Å². The van der Waals surface area contributed by atoms with Crippen molar-refractivity contribution in [1.29, 1.82) is 0 Å². The van der Waals surface area contributed by atoms with Crippen molar-refractivity contribution in [2.75, 3.05) is 19.6 Å². The highest BCUT2D eigenvalue weighted by Gasteiger charge is 2.27. The molecule has 0 aromatic carbocycles. The summed E-state index contributed by atoms with van der Waals surface area (Å²) >= 11 is 0. The molecular formula is C15H30N2. The van der Waals surface area contributed by atoms with Gasteiger partial charge in [-0.3, -0.25) is 0 Å². The highest BCUT2D eigenvalue weighted by atomic mass is 15.1. The van der Waals surface area contributed by atoms with E-state index in [0.29, 0.717) is 11.5 Å². The molecule has 2 fully saturated rings. The molecule has 2 aliphatic rings. The Labute approximate surface area is 107 Å². The fourth-order valence-electron chi connectivity index (χ4n) is 3.49. The third kappa shape index (κ3) is 3.96. The summed E-state index contributed by atoms with van der Waals surface area (Å²) in [6, 6.07) is 0.429. The molecule has 1 aliphatic heterocycles. The van der Waals surface area contributed by atoms with E-state index in [9.17, 15) is 0 Å². The minimum atomic E-state index is 0.429. The summed E-state index contributed by atoms with van der Waals surface area (Å²) in [6.07, 6.45) is 9.63. The van der Waals surface area contributed by atoms with Crippen LogP contribution in [0.2, 0.25) is 0 Å². The van der Waals surface area contributed by atoms with Crippen LogP contribution in [-0.4, -0.2) is 30.6 Å². The Morgan fingerprint density at radius 2 is 1.82 bits per heavy atom. The van der Waals surface area contributed by atoms with Crippen LogP contribution in [0.5, 0.6) is 0 Å². The Morgan fingerprint density at radius 1 is 1.12 bits per heavy atom. The molecule has 2 nitrogen and oxygen atoms in total. The van der Waals surface area contributed by atoms with E-state index in [4.69, 9.17) is 5.73 Å². The average Bonchev–Trinajstić information content (AvgIpc) is 2.73. The fraction of sp³-hybridized carbons (Fsp3) is 1.00. The normalized spacial score (nSPS) is 29.1. The van der Waals surface area contributed by atoms with Gasteiger partial charge in [-0.15, -0.1) is 0 Å². The second-order valence-corrected chi connectivity index (χ2v) is 7.03. The Morgan fingerprint density at radius 3 is 2.53 bits per heavy atom. The lowest BCUT2D eigenvalue weighted by molar-refractivity contribution is 0.226. The van der Waals surface area contributed by atoms with E-state index < -0.39 is 0 Å². The minimum Gasteiger partial charge on any atom is -0.326 e. The summed E-state index contributed by atoms with van der Waals surface area (Å²) in [5.74, 6) is 0.811. The van der Waals surface area contributed by atoms with Gasteiger partial charge in [0.2, 0.25) is 0 Å². The molecule has 0 aromatic heterocycles. The third-order valence-corrected chi connectivity index (χ3v) is 4.91. The molecule has 1 atom stereocenters. The highest BCUT2D eigenvalue weighted by molar-refractivity contribution is 4.83. The van der Waals surface area contributed by atoms with Gasteiger partial charge in [0.1, 0.15) is 0 Å². The summed E-state index contributed by atoms with van der Waals surface area (Å²) < 4.78 is 0. The minimum absolute atomic E-state index is 0.429. The van der Waals surface area contributed by atoms with Crippen molar-refractivity contribution in [2.45, 2.75) is 64.8 Å². The quantitative estimate of drug-likeness (QED) is 0.819. The first-order chi connectivity index (χ1) is 8.07. The van der Waals surface area contributed by atoms with Crippen molar-refractivity contribution in [3.63, 3.8) is 0 Å². The van der Waals surface area contributed by atoms with Crippen LogP contribution in [-0.2, 0) is 0 Å². The molecule has 2 N–H and O–H groups in total. The number of rotatable bonds is 3. The van der Waals surface area contributed by atoms with Crippen LogP contribution in [0.15, 0.2) is 0 Å². The van der Waals surface area contributed by atoms with Gasteiger partial charge in [-0.05, 0) is 56.5 Å². The number of hydrogen-bond donors (Lipinski definition) is 1. The molecule has 17 heavy (non-hydrogen) atoms. The molecule has 2 heteroatoms. The van der Waals surface area contributed by atoms with Crippen LogP contribution < -0.4 is 5.73 Å². The van der Waals surface area contributed by atoms with Crippen molar-refractivity contribution in [1.82, 2.24) is 4.90 Å². The van der Waals surface area contributed by atoms with E-state index >= 15 is 0 Å². The summed E-state index contributed by atoms with van der Waals surface area (Å²) in [5.41, 5.74) is 6.93. The lowest BCUT2D eigenvalue weighted by Gasteiger charge is -2.28. The van der Waals surface area contributed by atoms with Gasteiger partial charge in [-0.1, -0.05) is 26.7 Å². The van der Waals surface area contributed by atoms with Crippen molar-refractivity contribution < 1.29 is 0 Å². The Kier molecular flexibility index (Phi) is 4.48. The van der Waals surface area contributed by atoms with Crippen molar-refractivity contribution in [2.24, 2.45) is 17.1 Å². The van der Waals surface area contributed by atoms with Crippen LogP contribution in [0, 0.1) is 11.3 Å². The number of nitrogens with zero attached hydrogens (tertiary/aromatic N) is 1. The van der Waals surface area contributed by atoms with Gasteiger partial charge < -0.3 is 10.6 Å². The number of hydrogen-bond acceptors (Lipinski definition) is 2. The largest absolute Gasteiger partial charge is 0.326 e. The lowest BCUT2D eigenvalue weighted by atomic mass is 9.85. The summed E-state index contributed by atoms with van der Waals surface area (Å²) in [5, 5.41) is 0. The van der Waals surface area contributed by atoms with Crippen molar-refractivity contribution in [3.05, 3.63) is 0 Å². The zero-order chi connectivity index (χ0) is 12.3. The molecule has 1 aliphatic carbocycles. The predicted molar refractivity (Wildman–Crippen MR) is 74.0 cm³/mol. The van der Waals surface area contributed by atoms with Crippen LogP contribution in [0.3, 0.4) is 0 Å². The highest BCUT2D eigenvalue weighted by Crippen LogP contribution is 2.31. The number of likely N-dealkylation sites (tertiary alicyclic amines) is 1. The summed E-state index contributed by atoms with van der Waals surface area (Å²) in [4.78, 5) is 2.62. The van der Waals surface area contributed by atoms with Crippen molar-refractivity contribution in [3.8, 4) is 0 Å². The Balaban J connectivity index is 1.78. The van der Waals surface area contributed by atoms with E-state index in [-0.39, 0.29) is 0 Å². The molecule has 0 bridgehead atoms. The summed E-state index contributed by atoms with van der Waals surface area (Å²) in [7, 11) is 0. The van der Waals surface area contributed by atoms with Gasteiger partial charge in [0.25, 0.3) is 0 Å². The summed E-state index contributed by atoms with van der Waals surface area (Å²) in [6.45, 7) is 8.48. The molecule has 1 saturated heterocycles. The van der Waals surface area contributed by atoms with Crippen LogP contribution in [0.1, 0.15) is 58.8 Å². The van der Waals surface area contributed by atoms with Crippen LogP contribution in [0.25, 0.3) is 0 Å². The maximum atomic E-state index is 6.39. The first kappa shape index (κ1) is 13.4. The molecule has 0 aromatic rings. The van der Waals surface area contributed by atoms with E-state index in [0.717, 1.165) is 12.5 Å². The maximum absolute atomic E-state index is 6.39. The monoisotopic (exact) mass is 238 g/mol. The zero-order valence-corrected chi connectivity index (χ0v) is 11.8. The molecule has 0 spiro atoms. The molecule has 1 saturated carbocycles. The maximum Gasteiger partial charge on any atom is 0.0196 e. The predicted octanol–water partition coefficient (Wildman–Crippen LogP) is 3.02. The Hall–Kier alpha value is -0.0800. The SMILES string of the molecule is CC1(C)CCCN(CC(N)C2CCCC2)CC1. The lowest BCUT2D eigenvalue weighted by Crippen LogP contribution is -2.42. The van der Waals surface area contributed by atoms with Gasteiger partial charge in [0, 0.05) is 12.6 Å². The molecule has 2 rings (SSSR count). The van der Waals surface area contributed by atoms with Gasteiger partial charge in [-0.2, -0.15) is 0 Å². The van der Waals surface area contributed by atoms with E-state index in [1.54, 1.807) is 0 Å². The molecule has 0 radical (unpaired) electrons. The first-order valence-corrected chi connectivity index (χ1v) is 7.55. The fourth-order valence-corrected chi connectivity index (χ4v) is 3.49. The number of nitrogens with two attached hydrogens (primary N) is 1. The zero-order valence-electron chi connectivity index (χ0n) is 11.8.